The van der Waals surface area contributed by atoms with Crippen molar-refractivity contribution in [3.05, 3.63) is 54.1 Å². The monoisotopic (exact) mass is 424 g/mol. The van der Waals surface area contributed by atoms with E-state index >= 15 is 0 Å². The maximum absolute atomic E-state index is 11.6. The lowest BCUT2D eigenvalue weighted by atomic mass is 9.82. The molecular weight excluding hydrogens is 392 g/mol. The first-order valence-corrected chi connectivity index (χ1v) is 11.4. The molecule has 0 unspecified atom stereocenters. The van der Waals surface area contributed by atoms with E-state index in [4.69, 9.17) is 14.2 Å². The summed E-state index contributed by atoms with van der Waals surface area (Å²) >= 11 is 0. The first-order valence-electron chi connectivity index (χ1n) is 11.4. The van der Waals surface area contributed by atoms with Crippen molar-refractivity contribution in [1.29, 1.82) is 0 Å². The highest BCUT2D eigenvalue weighted by atomic mass is 16.5. The van der Waals surface area contributed by atoms with Crippen molar-refractivity contribution in [3.63, 3.8) is 0 Å². The number of carboxylic acid groups (broad SMARTS) is 1. The Bertz CT molecular complexity index is 885. The molecule has 5 heteroatoms. The van der Waals surface area contributed by atoms with Crippen LogP contribution in [0.3, 0.4) is 0 Å². The summed E-state index contributed by atoms with van der Waals surface area (Å²) < 4.78 is 17.7. The topological polar surface area (TPSA) is 65.0 Å². The van der Waals surface area contributed by atoms with Crippen molar-refractivity contribution in [2.75, 3.05) is 13.2 Å². The average Bonchev–Trinajstić information content (AvgIpc) is 3.55. The summed E-state index contributed by atoms with van der Waals surface area (Å²) in [6.07, 6.45) is 4.39. The normalized spacial score (nSPS) is 22.1. The molecule has 0 aromatic heterocycles. The largest absolute Gasteiger partial charge is 0.494 e. The summed E-state index contributed by atoms with van der Waals surface area (Å²) in [5.41, 5.74) is 1.08. The van der Waals surface area contributed by atoms with Crippen LogP contribution < -0.4 is 14.2 Å². The Labute approximate surface area is 184 Å². The Balaban J connectivity index is 1.27. The Morgan fingerprint density at radius 1 is 1.03 bits per heavy atom. The van der Waals surface area contributed by atoms with Crippen LogP contribution in [-0.4, -0.2) is 30.4 Å². The van der Waals surface area contributed by atoms with Crippen LogP contribution >= 0.6 is 0 Å². The molecule has 1 N–H and O–H groups in total. The van der Waals surface area contributed by atoms with E-state index < -0.39 is 5.97 Å². The standard InChI is InChI=1S/C26H32O5/c1-3-29-22-8-5-9-23(15-22)31-24-12-18(13-24)16-30-21-7-4-6-20(14-21)25(19-10-11-19)17(2)26(27)28/h4-9,14-15,17-19,24-25H,3,10-13,16H2,1-2H3,(H,27,28)/t17-,18?,24?,25-/m0/s1. The lowest BCUT2D eigenvalue weighted by molar-refractivity contribution is -0.142. The highest BCUT2D eigenvalue weighted by Crippen LogP contribution is 2.47. The van der Waals surface area contributed by atoms with E-state index in [1.165, 1.54) is 0 Å². The van der Waals surface area contributed by atoms with Gasteiger partial charge in [-0.3, -0.25) is 4.79 Å². The van der Waals surface area contributed by atoms with E-state index in [1.807, 2.05) is 62.4 Å². The van der Waals surface area contributed by atoms with Crippen molar-refractivity contribution < 1.29 is 24.1 Å². The van der Waals surface area contributed by atoms with Gasteiger partial charge < -0.3 is 19.3 Å². The van der Waals surface area contributed by atoms with Gasteiger partial charge in [-0.1, -0.05) is 25.1 Å². The van der Waals surface area contributed by atoms with Crippen LogP contribution in [0.4, 0.5) is 0 Å². The molecule has 2 aliphatic carbocycles. The van der Waals surface area contributed by atoms with E-state index in [1.54, 1.807) is 0 Å². The molecule has 4 rings (SSSR count). The minimum Gasteiger partial charge on any atom is -0.494 e. The van der Waals surface area contributed by atoms with Crippen LogP contribution in [0.2, 0.25) is 0 Å². The SMILES string of the molecule is CCOc1cccc(OC2CC(COc3cccc([C@H](C4CC4)[C@H](C)C(=O)O)c3)C2)c1. The predicted octanol–water partition coefficient (Wildman–Crippen LogP) is 5.54. The number of rotatable bonds is 11. The third-order valence-corrected chi connectivity index (χ3v) is 6.40. The van der Waals surface area contributed by atoms with Gasteiger partial charge in [0.15, 0.2) is 0 Å². The van der Waals surface area contributed by atoms with Gasteiger partial charge >= 0.3 is 5.97 Å². The van der Waals surface area contributed by atoms with E-state index in [0.29, 0.717) is 25.0 Å². The summed E-state index contributed by atoms with van der Waals surface area (Å²) in [6, 6.07) is 15.8. The average molecular weight is 425 g/mol. The van der Waals surface area contributed by atoms with Crippen LogP contribution in [-0.2, 0) is 4.79 Å². The van der Waals surface area contributed by atoms with Crippen LogP contribution in [0.25, 0.3) is 0 Å². The molecule has 0 radical (unpaired) electrons. The number of carboxylic acids is 1. The maximum Gasteiger partial charge on any atom is 0.306 e. The van der Waals surface area contributed by atoms with Crippen molar-refractivity contribution in [2.45, 2.75) is 51.6 Å². The molecular formula is C26H32O5. The maximum atomic E-state index is 11.6. The van der Waals surface area contributed by atoms with Gasteiger partial charge in [0, 0.05) is 6.07 Å². The van der Waals surface area contributed by atoms with Crippen LogP contribution in [0, 0.1) is 17.8 Å². The summed E-state index contributed by atoms with van der Waals surface area (Å²) in [4.78, 5) is 11.6. The van der Waals surface area contributed by atoms with Crippen molar-refractivity contribution in [3.8, 4) is 17.2 Å². The molecule has 166 valence electrons. The molecule has 2 atom stereocenters. The number of hydrogen-bond donors (Lipinski definition) is 1. The minimum atomic E-state index is -0.726. The Kier molecular flexibility index (Phi) is 6.69. The lowest BCUT2D eigenvalue weighted by Gasteiger charge is -2.35. The zero-order valence-electron chi connectivity index (χ0n) is 18.3. The van der Waals surface area contributed by atoms with Gasteiger partial charge in [-0.05, 0) is 80.2 Å². The van der Waals surface area contributed by atoms with Gasteiger partial charge in [-0.2, -0.15) is 0 Å². The zero-order valence-corrected chi connectivity index (χ0v) is 18.3. The van der Waals surface area contributed by atoms with Crippen LogP contribution in [0.15, 0.2) is 48.5 Å². The first-order chi connectivity index (χ1) is 15.0. The first kappa shape index (κ1) is 21.5. The smallest absolute Gasteiger partial charge is 0.306 e. The van der Waals surface area contributed by atoms with Crippen molar-refractivity contribution >= 4 is 5.97 Å². The number of carbonyl (C=O) groups is 1. The fraction of sp³-hybridized carbons (Fsp3) is 0.500. The fourth-order valence-corrected chi connectivity index (χ4v) is 4.51. The predicted molar refractivity (Wildman–Crippen MR) is 119 cm³/mol. The molecule has 0 saturated heterocycles. The van der Waals surface area contributed by atoms with Gasteiger partial charge in [0.1, 0.15) is 17.2 Å². The molecule has 2 fully saturated rings. The Morgan fingerprint density at radius 2 is 1.71 bits per heavy atom. The van der Waals surface area contributed by atoms with E-state index in [9.17, 15) is 9.90 Å². The number of ether oxygens (including phenoxy) is 3. The summed E-state index contributed by atoms with van der Waals surface area (Å²) in [6.45, 7) is 5.09. The van der Waals surface area contributed by atoms with Gasteiger partial charge in [0.2, 0.25) is 0 Å². The minimum absolute atomic E-state index is 0.0648. The second-order valence-electron chi connectivity index (χ2n) is 8.86. The van der Waals surface area contributed by atoms with E-state index in [-0.39, 0.29) is 17.9 Å². The van der Waals surface area contributed by atoms with Gasteiger partial charge in [0.25, 0.3) is 0 Å². The van der Waals surface area contributed by atoms with Crippen LogP contribution in [0.5, 0.6) is 17.2 Å². The van der Waals surface area contributed by atoms with Crippen molar-refractivity contribution in [2.24, 2.45) is 17.8 Å². The third kappa shape index (κ3) is 5.52. The van der Waals surface area contributed by atoms with Crippen LogP contribution in [0.1, 0.15) is 51.0 Å². The summed E-state index contributed by atoms with van der Waals surface area (Å²) in [7, 11) is 0. The zero-order chi connectivity index (χ0) is 21.8. The number of hydrogen-bond acceptors (Lipinski definition) is 4. The van der Waals surface area contributed by atoms with E-state index in [2.05, 4.69) is 0 Å². The molecule has 31 heavy (non-hydrogen) atoms. The molecule has 2 saturated carbocycles. The molecule has 0 amide bonds. The molecule has 0 aliphatic heterocycles. The highest BCUT2D eigenvalue weighted by molar-refractivity contribution is 5.71. The second kappa shape index (κ2) is 9.63. The molecule has 0 heterocycles. The molecule has 0 bridgehead atoms. The molecule has 5 nitrogen and oxygen atoms in total. The Morgan fingerprint density at radius 3 is 2.39 bits per heavy atom. The number of aliphatic carboxylic acids is 1. The fourth-order valence-electron chi connectivity index (χ4n) is 4.51. The molecule has 2 aromatic carbocycles. The van der Waals surface area contributed by atoms with Crippen molar-refractivity contribution in [1.82, 2.24) is 0 Å². The van der Waals surface area contributed by atoms with E-state index in [0.717, 1.165) is 48.5 Å². The third-order valence-electron chi connectivity index (χ3n) is 6.40. The summed E-state index contributed by atoms with van der Waals surface area (Å²) in [5.74, 6) is 2.42. The summed E-state index contributed by atoms with van der Waals surface area (Å²) in [5, 5.41) is 9.50. The number of benzene rings is 2. The molecule has 2 aromatic rings. The van der Waals surface area contributed by atoms with Gasteiger partial charge in [-0.25, -0.2) is 0 Å². The quantitative estimate of drug-likeness (QED) is 0.513. The lowest BCUT2D eigenvalue weighted by Crippen LogP contribution is -2.37. The molecule has 0 spiro atoms. The Hall–Kier alpha value is -2.69. The molecule has 2 aliphatic rings. The van der Waals surface area contributed by atoms with Gasteiger partial charge in [-0.15, -0.1) is 0 Å². The van der Waals surface area contributed by atoms with Gasteiger partial charge in [0.05, 0.1) is 25.2 Å². The second-order valence-corrected chi connectivity index (χ2v) is 8.86. The highest BCUT2D eigenvalue weighted by Gasteiger charge is 2.38.